The van der Waals surface area contributed by atoms with Gasteiger partial charge in [0, 0.05) is 6.54 Å². The third-order valence-corrected chi connectivity index (χ3v) is 5.00. The van der Waals surface area contributed by atoms with Crippen molar-refractivity contribution in [3.63, 3.8) is 0 Å². The van der Waals surface area contributed by atoms with Crippen molar-refractivity contribution in [3.05, 3.63) is 72.3 Å². The normalized spacial score (nSPS) is 13.9. The Balaban J connectivity index is 2.12. The maximum atomic E-state index is 13.2. The van der Waals surface area contributed by atoms with E-state index >= 15 is 0 Å². The summed E-state index contributed by atoms with van der Waals surface area (Å²) >= 11 is 0. The van der Waals surface area contributed by atoms with Crippen molar-refractivity contribution in [2.75, 3.05) is 6.54 Å². The van der Waals surface area contributed by atoms with Gasteiger partial charge in [-0.25, -0.2) is 0 Å². The molecule has 2 aromatic carbocycles. The minimum atomic E-state index is -0.565. The molecule has 1 aliphatic rings. The summed E-state index contributed by atoms with van der Waals surface area (Å²) in [5.74, 6) is 0.126. The number of likely N-dealkylation sites (N-methyl/N-ethyl adjacent to an activating group) is 1. The van der Waals surface area contributed by atoms with Crippen LogP contribution in [0.4, 0.5) is 0 Å². The molecule has 0 heterocycles. The Morgan fingerprint density at radius 2 is 1.62 bits per heavy atom. The predicted molar refractivity (Wildman–Crippen MR) is 100 cm³/mol. The smallest absolute Gasteiger partial charge is 0.235 e. The van der Waals surface area contributed by atoms with Gasteiger partial charge in [-0.3, -0.25) is 4.79 Å². The molecule has 0 aromatic heterocycles. The van der Waals surface area contributed by atoms with Crippen LogP contribution in [0.15, 0.2) is 61.2 Å². The average Bonchev–Trinajstić information content (AvgIpc) is 2.91. The second-order valence-corrected chi connectivity index (χ2v) is 6.39. The number of carbonyl (C=O) groups is 1. The van der Waals surface area contributed by atoms with Crippen LogP contribution < -0.4 is 5.32 Å². The number of carbonyl (C=O) groups excluding carboxylic acids is 1. The number of fused-ring (bicyclic) bond motifs is 3. The Labute approximate surface area is 144 Å². The molecule has 24 heavy (non-hydrogen) atoms. The Kier molecular flexibility index (Phi) is 4.84. The van der Waals surface area contributed by atoms with Gasteiger partial charge in [0.15, 0.2) is 0 Å². The monoisotopic (exact) mass is 319 g/mol. The van der Waals surface area contributed by atoms with Gasteiger partial charge in [-0.1, -0.05) is 61.0 Å². The first-order chi connectivity index (χ1) is 11.8. The Bertz CT molecular complexity index is 702. The summed E-state index contributed by atoms with van der Waals surface area (Å²) < 4.78 is 0. The maximum Gasteiger partial charge on any atom is 0.235 e. The third kappa shape index (κ3) is 2.56. The summed E-state index contributed by atoms with van der Waals surface area (Å²) in [4.78, 5) is 13.2. The molecule has 0 spiro atoms. The Hall–Kier alpha value is -2.35. The number of benzene rings is 2. The van der Waals surface area contributed by atoms with Gasteiger partial charge in [-0.2, -0.15) is 0 Å². The third-order valence-electron chi connectivity index (χ3n) is 5.00. The molecule has 0 atom stereocenters. The summed E-state index contributed by atoms with van der Waals surface area (Å²) in [5.41, 5.74) is 4.13. The van der Waals surface area contributed by atoms with Gasteiger partial charge in [-0.05, 0) is 48.4 Å². The molecule has 2 aromatic rings. The molecule has 1 amide bonds. The van der Waals surface area contributed by atoms with Gasteiger partial charge in [0.1, 0.15) is 5.41 Å². The molecule has 0 aliphatic heterocycles. The van der Waals surface area contributed by atoms with E-state index in [1.807, 2.05) is 25.1 Å². The van der Waals surface area contributed by atoms with E-state index in [4.69, 9.17) is 0 Å². The van der Waals surface area contributed by atoms with Gasteiger partial charge in [-0.15, -0.1) is 6.58 Å². The van der Waals surface area contributed by atoms with Crippen LogP contribution >= 0.6 is 0 Å². The van der Waals surface area contributed by atoms with Gasteiger partial charge in [0.25, 0.3) is 0 Å². The number of hydrogen-bond donors (Lipinski definition) is 1. The minimum absolute atomic E-state index is 0.126. The molecule has 0 saturated heterocycles. The van der Waals surface area contributed by atoms with Crippen LogP contribution in [-0.4, -0.2) is 12.5 Å². The van der Waals surface area contributed by atoms with Crippen molar-refractivity contribution in [3.8, 4) is 11.1 Å². The zero-order chi connectivity index (χ0) is 17.0. The molecular formula is C22H25NO. The van der Waals surface area contributed by atoms with Gasteiger partial charge >= 0.3 is 0 Å². The van der Waals surface area contributed by atoms with E-state index in [0.717, 1.165) is 36.8 Å². The summed E-state index contributed by atoms with van der Waals surface area (Å²) in [6, 6.07) is 16.7. The summed E-state index contributed by atoms with van der Waals surface area (Å²) in [5, 5.41) is 3.09. The number of allylic oxidation sites excluding steroid dienone is 1. The lowest BCUT2D eigenvalue weighted by molar-refractivity contribution is -0.125. The molecule has 2 nitrogen and oxygen atoms in total. The lowest BCUT2D eigenvalue weighted by atomic mass is 9.73. The highest BCUT2D eigenvalue weighted by Crippen LogP contribution is 2.51. The van der Waals surface area contributed by atoms with Crippen molar-refractivity contribution >= 4 is 5.91 Å². The second-order valence-electron chi connectivity index (χ2n) is 6.39. The predicted octanol–water partition coefficient (Wildman–Crippen LogP) is 4.84. The highest BCUT2D eigenvalue weighted by Gasteiger charge is 2.48. The van der Waals surface area contributed by atoms with Gasteiger partial charge in [0.05, 0.1) is 0 Å². The summed E-state index contributed by atoms with van der Waals surface area (Å²) in [6.07, 6.45) is 5.85. The number of hydrogen-bond acceptors (Lipinski definition) is 1. The highest BCUT2D eigenvalue weighted by atomic mass is 16.2. The van der Waals surface area contributed by atoms with Gasteiger partial charge in [0.2, 0.25) is 5.91 Å². The van der Waals surface area contributed by atoms with E-state index in [9.17, 15) is 4.79 Å². The van der Waals surface area contributed by atoms with Crippen molar-refractivity contribution in [2.45, 2.75) is 38.0 Å². The fourth-order valence-corrected chi connectivity index (χ4v) is 3.94. The van der Waals surface area contributed by atoms with Crippen LogP contribution in [0.3, 0.4) is 0 Å². The number of rotatable bonds is 7. The van der Waals surface area contributed by atoms with Crippen molar-refractivity contribution in [1.29, 1.82) is 0 Å². The quantitative estimate of drug-likeness (QED) is 0.574. The zero-order valence-corrected chi connectivity index (χ0v) is 14.3. The zero-order valence-electron chi connectivity index (χ0n) is 14.3. The fraction of sp³-hybridized carbons (Fsp3) is 0.318. The first kappa shape index (κ1) is 16.5. The van der Waals surface area contributed by atoms with E-state index < -0.39 is 5.41 Å². The molecule has 0 bridgehead atoms. The summed E-state index contributed by atoms with van der Waals surface area (Å²) in [6.45, 7) is 6.44. The van der Waals surface area contributed by atoms with Gasteiger partial charge < -0.3 is 5.32 Å². The molecular weight excluding hydrogens is 294 g/mol. The van der Waals surface area contributed by atoms with Crippen molar-refractivity contribution < 1.29 is 4.79 Å². The molecule has 1 N–H and O–H groups in total. The van der Waals surface area contributed by atoms with Crippen LogP contribution in [0.1, 0.15) is 43.7 Å². The van der Waals surface area contributed by atoms with E-state index in [1.54, 1.807) is 0 Å². The van der Waals surface area contributed by atoms with Crippen LogP contribution in [0.25, 0.3) is 11.1 Å². The molecule has 0 radical (unpaired) electrons. The van der Waals surface area contributed by atoms with E-state index in [-0.39, 0.29) is 5.91 Å². The number of unbranched alkanes of at least 4 members (excludes halogenated alkanes) is 2. The molecule has 1 aliphatic carbocycles. The van der Waals surface area contributed by atoms with E-state index in [0.29, 0.717) is 6.54 Å². The van der Waals surface area contributed by atoms with Crippen LogP contribution in [0.5, 0.6) is 0 Å². The summed E-state index contributed by atoms with van der Waals surface area (Å²) in [7, 11) is 0. The molecule has 3 rings (SSSR count). The molecule has 0 unspecified atom stereocenters. The standard InChI is InChI=1S/C22H25NO/c1-3-5-6-11-16-22(21(24)23-4-2)19-14-9-7-12-17(19)18-13-8-10-15-20(18)22/h3,7-10,12-15H,1,4-6,11,16H2,2H3,(H,23,24). The average molecular weight is 319 g/mol. The minimum Gasteiger partial charge on any atom is -0.355 e. The lowest BCUT2D eigenvalue weighted by Crippen LogP contribution is -2.44. The SMILES string of the molecule is C=CCCCCC1(C(=O)NCC)c2ccccc2-c2ccccc21. The van der Waals surface area contributed by atoms with Crippen LogP contribution in [-0.2, 0) is 10.2 Å². The maximum absolute atomic E-state index is 13.2. The first-order valence-corrected chi connectivity index (χ1v) is 8.84. The highest BCUT2D eigenvalue weighted by molar-refractivity contribution is 6.00. The van der Waals surface area contributed by atoms with Crippen LogP contribution in [0.2, 0.25) is 0 Å². The molecule has 0 fully saturated rings. The topological polar surface area (TPSA) is 29.1 Å². The molecule has 0 saturated carbocycles. The van der Waals surface area contributed by atoms with Crippen molar-refractivity contribution in [1.82, 2.24) is 5.32 Å². The second kappa shape index (κ2) is 7.04. The Morgan fingerprint density at radius 1 is 1.04 bits per heavy atom. The van der Waals surface area contributed by atoms with Crippen LogP contribution in [0, 0.1) is 0 Å². The molecule has 2 heteroatoms. The lowest BCUT2D eigenvalue weighted by Gasteiger charge is -2.30. The van der Waals surface area contributed by atoms with Crippen molar-refractivity contribution in [2.24, 2.45) is 0 Å². The number of amides is 1. The van der Waals surface area contributed by atoms with E-state index in [1.165, 1.54) is 11.1 Å². The largest absolute Gasteiger partial charge is 0.355 e. The first-order valence-electron chi connectivity index (χ1n) is 8.84. The molecule has 124 valence electrons. The Morgan fingerprint density at radius 3 is 2.17 bits per heavy atom. The van der Waals surface area contributed by atoms with E-state index in [2.05, 4.69) is 48.3 Å². The fourth-order valence-electron chi connectivity index (χ4n) is 3.94. The number of nitrogens with one attached hydrogen (secondary N) is 1.